The van der Waals surface area contributed by atoms with Gasteiger partial charge in [0.1, 0.15) is 6.61 Å². The van der Waals surface area contributed by atoms with Crippen molar-refractivity contribution in [2.24, 2.45) is 5.11 Å². The van der Waals surface area contributed by atoms with E-state index in [1.54, 1.807) is 6.07 Å². The number of azide groups is 1. The SMILES string of the molecule is Cc1ccc(COC(=O)c2cc(Cl)ccc2N=[N+]=[N-])cc1. The van der Waals surface area contributed by atoms with E-state index in [0.29, 0.717) is 5.02 Å². The van der Waals surface area contributed by atoms with E-state index in [-0.39, 0.29) is 17.9 Å². The number of esters is 1. The summed E-state index contributed by atoms with van der Waals surface area (Å²) in [6.07, 6.45) is 0. The number of hydrogen-bond donors (Lipinski definition) is 0. The molecule has 6 heteroatoms. The molecule has 21 heavy (non-hydrogen) atoms. The summed E-state index contributed by atoms with van der Waals surface area (Å²) in [4.78, 5) is 14.7. The third-order valence-electron chi connectivity index (χ3n) is 2.82. The molecule has 0 heterocycles. The first-order chi connectivity index (χ1) is 10.1. The van der Waals surface area contributed by atoms with Crippen LogP contribution in [0.5, 0.6) is 0 Å². The molecule has 0 radical (unpaired) electrons. The van der Waals surface area contributed by atoms with Gasteiger partial charge in [-0.15, -0.1) is 0 Å². The van der Waals surface area contributed by atoms with Crippen molar-refractivity contribution >= 4 is 23.3 Å². The molecular weight excluding hydrogens is 290 g/mol. The fourth-order valence-electron chi connectivity index (χ4n) is 1.72. The van der Waals surface area contributed by atoms with Crippen LogP contribution in [0.25, 0.3) is 10.4 Å². The summed E-state index contributed by atoms with van der Waals surface area (Å²) in [5.41, 5.74) is 10.8. The smallest absolute Gasteiger partial charge is 0.338 e. The highest BCUT2D eigenvalue weighted by Gasteiger charge is 2.13. The number of nitrogens with zero attached hydrogens (tertiary/aromatic N) is 3. The topological polar surface area (TPSA) is 75.1 Å². The van der Waals surface area contributed by atoms with Crippen molar-refractivity contribution in [1.29, 1.82) is 0 Å². The lowest BCUT2D eigenvalue weighted by Gasteiger charge is -2.07. The van der Waals surface area contributed by atoms with Crippen LogP contribution in [0.4, 0.5) is 5.69 Å². The molecule has 0 saturated heterocycles. The van der Waals surface area contributed by atoms with Gasteiger partial charge in [0.2, 0.25) is 0 Å². The number of rotatable bonds is 4. The predicted molar refractivity (Wildman–Crippen MR) is 80.6 cm³/mol. The summed E-state index contributed by atoms with van der Waals surface area (Å²) < 4.78 is 5.22. The van der Waals surface area contributed by atoms with Gasteiger partial charge in [0.25, 0.3) is 0 Å². The first-order valence-electron chi connectivity index (χ1n) is 6.17. The molecule has 0 aliphatic carbocycles. The Morgan fingerprint density at radius 3 is 2.67 bits per heavy atom. The molecule has 0 bridgehead atoms. The van der Waals surface area contributed by atoms with E-state index >= 15 is 0 Å². The van der Waals surface area contributed by atoms with Crippen molar-refractivity contribution in [3.63, 3.8) is 0 Å². The summed E-state index contributed by atoms with van der Waals surface area (Å²) in [5, 5.41) is 3.83. The van der Waals surface area contributed by atoms with Crippen molar-refractivity contribution in [3.05, 3.63) is 74.6 Å². The number of ether oxygens (including phenoxy) is 1. The second kappa shape index (κ2) is 6.79. The molecule has 0 spiro atoms. The zero-order valence-electron chi connectivity index (χ0n) is 11.3. The highest BCUT2D eigenvalue weighted by atomic mass is 35.5. The summed E-state index contributed by atoms with van der Waals surface area (Å²) in [6.45, 7) is 2.12. The average molecular weight is 302 g/mol. The minimum Gasteiger partial charge on any atom is -0.457 e. The van der Waals surface area contributed by atoms with Crippen LogP contribution < -0.4 is 0 Å². The Morgan fingerprint density at radius 1 is 1.29 bits per heavy atom. The van der Waals surface area contributed by atoms with Crippen LogP contribution in [0.2, 0.25) is 5.02 Å². The van der Waals surface area contributed by atoms with Gasteiger partial charge in [-0.3, -0.25) is 0 Å². The molecule has 5 nitrogen and oxygen atoms in total. The molecule has 0 saturated carbocycles. The Labute approximate surface area is 126 Å². The lowest BCUT2D eigenvalue weighted by atomic mass is 10.1. The lowest BCUT2D eigenvalue weighted by Crippen LogP contribution is -2.05. The summed E-state index contributed by atoms with van der Waals surface area (Å²) in [6, 6.07) is 12.1. The maximum absolute atomic E-state index is 12.1. The van der Waals surface area contributed by atoms with E-state index in [1.165, 1.54) is 12.1 Å². The third kappa shape index (κ3) is 3.99. The van der Waals surface area contributed by atoms with Gasteiger partial charge in [0, 0.05) is 9.93 Å². The van der Waals surface area contributed by atoms with Crippen LogP contribution in [0.3, 0.4) is 0 Å². The first-order valence-corrected chi connectivity index (χ1v) is 6.55. The Balaban J connectivity index is 2.14. The number of benzene rings is 2. The molecule has 0 fully saturated rings. The largest absolute Gasteiger partial charge is 0.457 e. The summed E-state index contributed by atoms with van der Waals surface area (Å²) in [7, 11) is 0. The number of carbonyl (C=O) groups excluding carboxylic acids is 1. The Morgan fingerprint density at radius 2 is 2.00 bits per heavy atom. The van der Waals surface area contributed by atoms with Crippen molar-refractivity contribution in [2.75, 3.05) is 0 Å². The second-order valence-electron chi connectivity index (χ2n) is 4.41. The van der Waals surface area contributed by atoms with E-state index in [9.17, 15) is 4.79 Å². The fourth-order valence-corrected chi connectivity index (χ4v) is 1.89. The standard InChI is InChI=1S/C15H12ClN3O2/c1-10-2-4-11(5-3-10)9-21-15(20)13-8-12(16)6-7-14(13)18-19-17/h2-8H,9H2,1H3. The van der Waals surface area contributed by atoms with Gasteiger partial charge in [-0.1, -0.05) is 52.6 Å². The molecule has 2 aromatic carbocycles. The summed E-state index contributed by atoms with van der Waals surface area (Å²) in [5.74, 6) is -0.583. The van der Waals surface area contributed by atoms with Gasteiger partial charge in [-0.2, -0.15) is 0 Å². The second-order valence-corrected chi connectivity index (χ2v) is 4.85. The van der Waals surface area contributed by atoms with E-state index in [0.717, 1.165) is 11.1 Å². The predicted octanol–water partition coefficient (Wildman–Crippen LogP) is 4.95. The fraction of sp³-hybridized carbons (Fsp3) is 0.133. The van der Waals surface area contributed by atoms with Crippen LogP contribution in [0.1, 0.15) is 21.5 Å². The molecule has 106 valence electrons. The Bertz CT molecular complexity index is 707. The van der Waals surface area contributed by atoms with Crippen molar-refractivity contribution in [3.8, 4) is 0 Å². The number of hydrogen-bond acceptors (Lipinski definition) is 3. The van der Waals surface area contributed by atoms with Gasteiger partial charge in [0.15, 0.2) is 0 Å². The molecule has 0 N–H and O–H groups in total. The maximum Gasteiger partial charge on any atom is 0.338 e. The van der Waals surface area contributed by atoms with Gasteiger partial charge in [-0.25, -0.2) is 4.79 Å². The van der Waals surface area contributed by atoms with Crippen LogP contribution in [-0.2, 0) is 11.3 Å². The minimum atomic E-state index is -0.583. The quantitative estimate of drug-likeness (QED) is 0.347. The Kier molecular flexibility index (Phi) is 4.82. The highest BCUT2D eigenvalue weighted by molar-refractivity contribution is 6.31. The maximum atomic E-state index is 12.1. The van der Waals surface area contributed by atoms with Crippen molar-refractivity contribution in [2.45, 2.75) is 13.5 Å². The molecule has 0 amide bonds. The summed E-state index contributed by atoms with van der Waals surface area (Å²) >= 11 is 5.85. The minimum absolute atomic E-state index is 0.140. The van der Waals surface area contributed by atoms with Gasteiger partial charge >= 0.3 is 5.97 Å². The third-order valence-corrected chi connectivity index (χ3v) is 3.06. The molecule has 0 atom stereocenters. The number of carbonyl (C=O) groups is 1. The Hall–Kier alpha value is -2.49. The van der Waals surface area contributed by atoms with Crippen LogP contribution >= 0.6 is 11.6 Å². The van der Waals surface area contributed by atoms with Crippen molar-refractivity contribution in [1.82, 2.24) is 0 Å². The van der Waals surface area contributed by atoms with Crippen LogP contribution in [0, 0.1) is 6.92 Å². The van der Waals surface area contributed by atoms with Crippen LogP contribution in [0.15, 0.2) is 47.6 Å². The molecule has 0 aliphatic rings. The first kappa shape index (κ1) is 14.9. The molecule has 0 unspecified atom stereocenters. The van der Waals surface area contributed by atoms with Gasteiger partial charge in [0.05, 0.1) is 11.3 Å². The molecular formula is C15H12ClN3O2. The van der Waals surface area contributed by atoms with E-state index < -0.39 is 5.97 Å². The molecule has 0 aliphatic heterocycles. The zero-order chi connectivity index (χ0) is 15.2. The lowest BCUT2D eigenvalue weighted by molar-refractivity contribution is 0.0473. The van der Waals surface area contributed by atoms with E-state index in [4.69, 9.17) is 21.9 Å². The van der Waals surface area contributed by atoms with Crippen LogP contribution in [-0.4, -0.2) is 5.97 Å². The van der Waals surface area contributed by atoms with Gasteiger partial charge in [-0.05, 0) is 30.2 Å². The molecule has 0 aromatic heterocycles. The highest BCUT2D eigenvalue weighted by Crippen LogP contribution is 2.24. The number of aryl methyl sites for hydroxylation is 1. The van der Waals surface area contributed by atoms with Gasteiger partial charge < -0.3 is 4.74 Å². The molecule has 2 rings (SSSR count). The van der Waals surface area contributed by atoms with E-state index in [1.807, 2.05) is 31.2 Å². The number of halogens is 1. The van der Waals surface area contributed by atoms with Crippen molar-refractivity contribution < 1.29 is 9.53 Å². The average Bonchev–Trinajstić information content (AvgIpc) is 2.48. The molecule has 2 aromatic rings. The normalized spacial score (nSPS) is 9.81. The van der Waals surface area contributed by atoms with E-state index in [2.05, 4.69) is 10.0 Å². The zero-order valence-corrected chi connectivity index (χ0v) is 12.0. The monoisotopic (exact) mass is 301 g/mol.